The van der Waals surface area contributed by atoms with Gasteiger partial charge in [0.2, 0.25) is 0 Å². The van der Waals surface area contributed by atoms with E-state index in [1.807, 2.05) is 0 Å². The third-order valence-corrected chi connectivity index (χ3v) is 3.87. The van der Waals surface area contributed by atoms with Crippen molar-refractivity contribution in [3.8, 4) is 0 Å². The topological polar surface area (TPSA) is 52.5 Å². The van der Waals surface area contributed by atoms with E-state index in [4.69, 9.17) is 0 Å². The summed E-state index contributed by atoms with van der Waals surface area (Å²) in [5.41, 5.74) is 0.707. The lowest BCUT2D eigenvalue weighted by molar-refractivity contribution is 0.0669. The number of aliphatic hydroxyl groups is 2. The van der Waals surface area contributed by atoms with E-state index >= 15 is 0 Å². The van der Waals surface area contributed by atoms with Crippen molar-refractivity contribution in [1.82, 2.24) is 5.32 Å². The van der Waals surface area contributed by atoms with Gasteiger partial charge in [0.15, 0.2) is 0 Å². The maximum absolute atomic E-state index is 12.8. The molecule has 0 saturated heterocycles. The number of hydrogen-bond donors (Lipinski definition) is 3. The Hall–Kier alpha value is -0.970. The summed E-state index contributed by atoms with van der Waals surface area (Å²) in [6, 6.07) is 5.89. The lowest BCUT2D eigenvalue weighted by Gasteiger charge is -2.28. The first-order valence-electron chi connectivity index (χ1n) is 6.99. The van der Waals surface area contributed by atoms with Crippen molar-refractivity contribution in [3.05, 3.63) is 35.6 Å². The summed E-state index contributed by atoms with van der Waals surface area (Å²) in [6.07, 6.45) is 3.35. The van der Waals surface area contributed by atoms with Gasteiger partial charge in [0, 0.05) is 13.1 Å². The van der Waals surface area contributed by atoms with Gasteiger partial charge in [0.05, 0.1) is 12.2 Å². The van der Waals surface area contributed by atoms with Gasteiger partial charge >= 0.3 is 0 Å². The van der Waals surface area contributed by atoms with Crippen molar-refractivity contribution in [2.75, 3.05) is 13.1 Å². The fourth-order valence-corrected chi connectivity index (χ4v) is 2.63. The predicted octanol–water partition coefficient (Wildman–Crippen LogP) is 2.00. The molecular weight excluding hydrogens is 245 g/mol. The molecule has 3 atom stereocenters. The number of rotatable bonds is 5. The quantitative estimate of drug-likeness (QED) is 0.765. The fourth-order valence-electron chi connectivity index (χ4n) is 2.63. The molecule has 1 aliphatic carbocycles. The Morgan fingerprint density at radius 2 is 1.89 bits per heavy atom. The molecule has 0 bridgehead atoms. The Morgan fingerprint density at radius 3 is 2.58 bits per heavy atom. The highest BCUT2D eigenvalue weighted by molar-refractivity contribution is 5.18. The van der Waals surface area contributed by atoms with Crippen LogP contribution in [0.5, 0.6) is 0 Å². The summed E-state index contributed by atoms with van der Waals surface area (Å²) >= 11 is 0. The zero-order chi connectivity index (χ0) is 13.7. The molecule has 3 N–H and O–H groups in total. The Bertz CT molecular complexity index is 382. The van der Waals surface area contributed by atoms with Crippen molar-refractivity contribution in [2.45, 2.75) is 37.9 Å². The van der Waals surface area contributed by atoms with E-state index < -0.39 is 6.10 Å². The van der Waals surface area contributed by atoms with Crippen LogP contribution in [0.4, 0.5) is 4.39 Å². The van der Waals surface area contributed by atoms with Crippen molar-refractivity contribution >= 4 is 0 Å². The zero-order valence-corrected chi connectivity index (χ0v) is 11.1. The molecule has 2 rings (SSSR count). The maximum Gasteiger partial charge on any atom is 0.123 e. The molecule has 3 nitrogen and oxygen atoms in total. The van der Waals surface area contributed by atoms with E-state index in [1.165, 1.54) is 18.6 Å². The molecule has 1 aliphatic rings. The fraction of sp³-hybridized carbons (Fsp3) is 0.600. The zero-order valence-electron chi connectivity index (χ0n) is 11.1. The van der Waals surface area contributed by atoms with Crippen LogP contribution < -0.4 is 5.32 Å². The van der Waals surface area contributed by atoms with Gasteiger partial charge in [-0.15, -0.1) is 0 Å². The molecule has 3 unspecified atom stereocenters. The molecule has 0 aliphatic heterocycles. The Kier molecular flexibility index (Phi) is 5.31. The van der Waals surface area contributed by atoms with E-state index in [2.05, 4.69) is 5.32 Å². The number of halogens is 1. The minimum atomic E-state index is -0.638. The second-order valence-corrected chi connectivity index (χ2v) is 5.34. The minimum Gasteiger partial charge on any atom is -0.393 e. The average Bonchev–Trinajstić information content (AvgIpc) is 2.41. The molecule has 106 valence electrons. The van der Waals surface area contributed by atoms with Crippen molar-refractivity contribution in [3.63, 3.8) is 0 Å². The molecule has 19 heavy (non-hydrogen) atoms. The van der Waals surface area contributed by atoms with Crippen LogP contribution in [0.25, 0.3) is 0 Å². The summed E-state index contributed by atoms with van der Waals surface area (Å²) in [7, 11) is 0. The van der Waals surface area contributed by atoms with E-state index in [-0.39, 0.29) is 17.8 Å². The monoisotopic (exact) mass is 267 g/mol. The number of hydrogen-bond acceptors (Lipinski definition) is 3. The summed E-state index contributed by atoms with van der Waals surface area (Å²) in [5.74, 6) is -0.0107. The van der Waals surface area contributed by atoms with Crippen LogP contribution in [-0.4, -0.2) is 29.4 Å². The van der Waals surface area contributed by atoms with E-state index in [0.717, 1.165) is 25.8 Å². The highest BCUT2D eigenvalue weighted by atomic mass is 19.1. The molecule has 1 fully saturated rings. The van der Waals surface area contributed by atoms with Crippen LogP contribution in [0.15, 0.2) is 24.3 Å². The van der Waals surface area contributed by atoms with Gasteiger partial charge in [-0.05, 0) is 36.5 Å². The molecule has 4 heteroatoms. The van der Waals surface area contributed by atoms with Crippen LogP contribution >= 0.6 is 0 Å². The highest BCUT2D eigenvalue weighted by Crippen LogP contribution is 2.23. The molecule has 0 radical (unpaired) electrons. The first kappa shape index (κ1) is 14.4. The number of nitrogens with one attached hydrogen (secondary N) is 1. The van der Waals surface area contributed by atoms with E-state index in [0.29, 0.717) is 12.1 Å². The molecule has 1 saturated carbocycles. The Labute approximate surface area is 113 Å². The highest BCUT2D eigenvalue weighted by Gasteiger charge is 2.22. The van der Waals surface area contributed by atoms with Crippen LogP contribution in [0, 0.1) is 11.7 Å². The normalized spacial score (nSPS) is 25.2. The second kappa shape index (κ2) is 6.98. The first-order valence-corrected chi connectivity index (χ1v) is 6.99. The number of benzene rings is 1. The summed E-state index contributed by atoms with van der Waals surface area (Å²) in [4.78, 5) is 0. The molecule has 1 aromatic rings. The lowest BCUT2D eigenvalue weighted by atomic mass is 9.86. The van der Waals surface area contributed by atoms with Gasteiger partial charge in [-0.2, -0.15) is 0 Å². The van der Waals surface area contributed by atoms with Gasteiger partial charge in [0.25, 0.3) is 0 Å². The molecule has 0 heterocycles. The largest absolute Gasteiger partial charge is 0.393 e. The average molecular weight is 267 g/mol. The third-order valence-electron chi connectivity index (χ3n) is 3.87. The molecule has 1 aromatic carbocycles. The van der Waals surface area contributed by atoms with Crippen LogP contribution in [-0.2, 0) is 0 Å². The van der Waals surface area contributed by atoms with Gasteiger partial charge < -0.3 is 15.5 Å². The van der Waals surface area contributed by atoms with E-state index in [9.17, 15) is 14.6 Å². The van der Waals surface area contributed by atoms with Crippen LogP contribution in [0.2, 0.25) is 0 Å². The SMILES string of the molecule is OC(CNCC1CCCCC1O)c1ccc(F)cc1. The predicted molar refractivity (Wildman–Crippen MR) is 72.2 cm³/mol. The third kappa shape index (κ3) is 4.27. The summed E-state index contributed by atoms with van der Waals surface area (Å²) in [6.45, 7) is 1.15. The van der Waals surface area contributed by atoms with Crippen molar-refractivity contribution < 1.29 is 14.6 Å². The Balaban J connectivity index is 1.74. The summed E-state index contributed by atoms with van der Waals surface area (Å²) < 4.78 is 12.8. The molecular formula is C15H22FNO2. The summed E-state index contributed by atoms with van der Waals surface area (Å²) in [5, 5.41) is 23.0. The first-order chi connectivity index (χ1) is 9.16. The van der Waals surface area contributed by atoms with E-state index in [1.54, 1.807) is 12.1 Å². The minimum absolute atomic E-state index is 0.218. The van der Waals surface area contributed by atoms with Gasteiger partial charge in [-0.1, -0.05) is 25.0 Å². The van der Waals surface area contributed by atoms with Crippen molar-refractivity contribution in [2.24, 2.45) is 5.92 Å². The standard InChI is InChI=1S/C15H22FNO2/c16-13-7-5-11(6-8-13)15(19)10-17-9-12-3-1-2-4-14(12)18/h5-8,12,14-15,17-19H,1-4,9-10H2. The number of aliphatic hydroxyl groups excluding tert-OH is 2. The maximum atomic E-state index is 12.8. The molecule has 0 amide bonds. The van der Waals surface area contributed by atoms with Gasteiger partial charge in [0.1, 0.15) is 5.82 Å². The Morgan fingerprint density at radius 1 is 1.21 bits per heavy atom. The molecule has 0 spiro atoms. The lowest BCUT2D eigenvalue weighted by Crippen LogP contribution is -2.35. The second-order valence-electron chi connectivity index (χ2n) is 5.34. The van der Waals surface area contributed by atoms with Crippen molar-refractivity contribution in [1.29, 1.82) is 0 Å². The van der Waals surface area contributed by atoms with Gasteiger partial charge in [-0.3, -0.25) is 0 Å². The van der Waals surface area contributed by atoms with Crippen LogP contribution in [0.1, 0.15) is 37.4 Å². The van der Waals surface area contributed by atoms with Gasteiger partial charge in [-0.25, -0.2) is 4.39 Å². The molecule has 0 aromatic heterocycles. The van der Waals surface area contributed by atoms with Crippen LogP contribution in [0.3, 0.4) is 0 Å². The smallest absolute Gasteiger partial charge is 0.123 e.